The smallest absolute Gasteiger partial charge is 0.331 e. The summed E-state index contributed by atoms with van der Waals surface area (Å²) < 4.78 is 11.9. The van der Waals surface area contributed by atoms with Crippen LogP contribution in [0.3, 0.4) is 0 Å². The van der Waals surface area contributed by atoms with Crippen molar-refractivity contribution in [2.75, 3.05) is 13.2 Å². The van der Waals surface area contributed by atoms with Crippen molar-refractivity contribution in [3.05, 3.63) is 77.1 Å². The molecule has 2 aromatic rings. The van der Waals surface area contributed by atoms with Crippen molar-refractivity contribution in [3.63, 3.8) is 0 Å². The summed E-state index contributed by atoms with van der Waals surface area (Å²) in [5.41, 5.74) is 2.40. The molecule has 0 spiro atoms. The van der Waals surface area contributed by atoms with Gasteiger partial charge in [-0.25, -0.2) is 9.78 Å². The maximum Gasteiger partial charge on any atom is 0.331 e. The number of carboxylic acid groups (broad SMARTS) is 1. The zero-order chi connectivity index (χ0) is 25.9. The van der Waals surface area contributed by atoms with Gasteiger partial charge >= 0.3 is 5.97 Å². The zero-order valence-electron chi connectivity index (χ0n) is 21.4. The van der Waals surface area contributed by atoms with Crippen molar-refractivity contribution >= 4 is 18.0 Å². The van der Waals surface area contributed by atoms with Crippen LogP contribution in [0.4, 0.5) is 0 Å². The highest BCUT2D eigenvalue weighted by molar-refractivity contribution is 5.92. The topological polar surface area (TPSA) is 92.9 Å². The van der Waals surface area contributed by atoms with E-state index in [9.17, 15) is 14.7 Å². The molecule has 2 heterocycles. The minimum atomic E-state index is -1.06. The second-order valence-electron chi connectivity index (χ2n) is 8.73. The van der Waals surface area contributed by atoms with E-state index < -0.39 is 12.0 Å². The van der Waals surface area contributed by atoms with E-state index in [-0.39, 0.29) is 5.91 Å². The molecule has 1 aromatic heterocycles. The van der Waals surface area contributed by atoms with Gasteiger partial charge < -0.3 is 19.2 Å². The first kappa shape index (κ1) is 27.0. The molecule has 0 fully saturated rings. The Bertz CT molecular complexity index is 1130. The van der Waals surface area contributed by atoms with Crippen LogP contribution in [0, 0.1) is 0 Å². The SMILES string of the molecule is CC=CC=CC(=O)N1CCc2ccc(OCCc3nc(C=CCCC)oc3CCC)cc2C1C(=O)O. The van der Waals surface area contributed by atoms with E-state index in [1.165, 1.54) is 11.0 Å². The van der Waals surface area contributed by atoms with Gasteiger partial charge in [0.25, 0.3) is 0 Å². The summed E-state index contributed by atoms with van der Waals surface area (Å²) in [6, 6.07) is 4.45. The number of fused-ring (bicyclic) bond motifs is 1. The van der Waals surface area contributed by atoms with Gasteiger partial charge in [0.1, 0.15) is 11.5 Å². The minimum Gasteiger partial charge on any atom is -0.493 e. The molecule has 1 unspecified atom stereocenters. The molecule has 1 N–H and O–H groups in total. The van der Waals surface area contributed by atoms with Gasteiger partial charge in [0, 0.05) is 25.5 Å². The van der Waals surface area contributed by atoms with Gasteiger partial charge in [-0.3, -0.25) is 4.79 Å². The first-order chi connectivity index (χ1) is 17.5. The third-order valence-corrected chi connectivity index (χ3v) is 6.00. The first-order valence-electron chi connectivity index (χ1n) is 12.7. The number of aryl methyl sites for hydroxylation is 1. The van der Waals surface area contributed by atoms with Crippen LogP contribution in [0.2, 0.25) is 0 Å². The molecule has 36 heavy (non-hydrogen) atoms. The van der Waals surface area contributed by atoms with Gasteiger partial charge in [0.05, 0.1) is 12.3 Å². The van der Waals surface area contributed by atoms with Crippen LogP contribution >= 0.6 is 0 Å². The number of unbranched alkanes of at least 4 members (excludes halogenated alkanes) is 1. The lowest BCUT2D eigenvalue weighted by molar-refractivity contribution is -0.149. The van der Waals surface area contributed by atoms with Gasteiger partial charge in [-0.15, -0.1) is 0 Å². The molecule has 1 aromatic carbocycles. The standard InChI is InChI=1S/C29H36N2O5/c1-4-7-9-12-26-30-24(25(36-26)11-6-3)17-19-35-22-15-14-21-16-18-31(27(32)13-10-8-5-2)28(29(33)34)23(21)20-22/h5,8-10,12-15,20,28H,4,6-7,11,16-19H2,1-3H3,(H,33,34). The molecule has 1 aliphatic heterocycles. The van der Waals surface area contributed by atoms with E-state index in [4.69, 9.17) is 9.15 Å². The number of carbonyl (C=O) groups is 2. The van der Waals surface area contributed by atoms with E-state index in [0.29, 0.717) is 43.2 Å². The average Bonchev–Trinajstić information content (AvgIpc) is 3.24. The molecular formula is C29H36N2O5. The van der Waals surface area contributed by atoms with Crippen LogP contribution < -0.4 is 4.74 Å². The van der Waals surface area contributed by atoms with E-state index in [0.717, 1.165) is 42.7 Å². The zero-order valence-corrected chi connectivity index (χ0v) is 21.4. The summed E-state index contributed by atoms with van der Waals surface area (Å²) in [6.45, 7) is 6.81. The minimum absolute atomic E-state index is 0.323. The summed E-state index contributed by atoms with van der Waals surface area (Å²) in [7, 11) is 0. The Morgan fingerprint density at radius 3 is 2.78 bits per heavy atom. The number of oxazole rings is 1. The second-order valence-corrected chi connectivity index (χ2v) is 8.73. The summed E-state index contributed by atoms with van der Waals surface area (Å²) >= 11 is 0. The third-order valence-electron chi connectivity index (χ3n) is 6.00. The number of nitrogens with zero attached hydrogens (tertiary/aromatic N) is 2. The lowest BCUT2D eigenvalue weighted by Crippen LogP contribution is -2.42. The number of hydrogen-bond acceptors (Lipinski definition) is 5. The number of aliphatic carboxylic acids is 1. The van der Waals surface area contributed by atoms with Crippen LogP contribution in [0.5, 0.6) is 5.75 Å². The number of amides is 1. The van der Waals surface area contributed by atoms with Gasteiger partial charge in [-0.05, 0) is 55.5 Å². The Hall–Kier alpha value is -3.61. The van der Waals surface area contributed by atoms with Gasteiger partial charge in [0.2, 0.25) is 11.8 Å². The Kier molecular flexibility index (Phi) is 10.1. The highest BCUT2D eigenvalue weighted by atomic mass is 16.5. The summed E-state index contributed by atoms with van der Waals surface area (Å²) in [6.07, 6.45) is 15.6. The fourth-order valence-electron chi connectivity index (χ4n) is 4.24. The Morgan fingerprint density at radius 2 is 2.06 bits per heavy atom. The summed E-state index contributed by atoms with van der Waals surface area (Å²) in [4.78, 5) is 30.9. The molecule has 0 saturated heterocycles. The molecule has 7 nitrogen and oxygen atoms in total. The second kappa shape index (κ2) is 13.5. The number of rotatable bonds is 12. The van der Waals surface area contributed by atoms with E-state index in [2.05, 4.69) is 24.9 Å². The molecule has 3 rings (SSSR count). The molecule has 0 bridgehead atoms. The quantitative estimate of drug-likeness (QED) is 0.302. The number of carboxylic acids is 1. The van der Waals surface area contributed by atoms with Gasteiger partial charge in [-0.1, -0.05) is 50.6 Å². The molecule has 1 atom stereocenters. The predicted octanol–water partition coefficient (Wildman–Crippen LogP) is 5.70. The maximum absolute atomic E-state index is 12.7. The predicted molar refractivity (Wildman–Crippen MR) is 140 cm³/mol. The molecule has 1 aliphatic rings. The van der Waals surface area contributed by atoms with E-state index >= 15 is 0 Å². The molecule has 0 aliphatic carbocycles. The van der Waals surface area contributed by atoms with Crippen molar-refractivity contribution in [1.29, 1.82) is 0 Å². The van der Waals surface area contributed by atoms with Crippen LogP contribution in [0.25, 0.3) is 6.08 Å². The number of benzene rings is 1. The monoisotopic (exact) mass is 492 g/mol. The fraction of sp³-hybridized carbons (Fsp3) is 0.414. The van der Waals surface area contributed by atoms with E-state index in [1.54, 1.807) is 18.2 Å². The lowest BCUT2D eigenvalue weighted by Gasteiger charge is -2.34. The Labute approximate surface area is 213 Å². The van der Waals surface area contributed by atoms with Crippen LogP contribution in [-0.2, 0) is 28.9 Å². The molecule has 7 heteroatoms. The Balaban J connectivity index is 1.72. The number of aromatic nitrogens is 1. The maximum atomic E-state index is 12.7. The molecule has 0 saturated carbocycles. The number of hydrogen-bond donors (Lipinski definition) is 1. The van der Waals surface area contributed by atoms with Crippen LogP contribution in [0.15, 0.2) is 53.0 Å². The highest BCUT2D eigenvalue weighted by Gasteiger charge is 2.35. The Morgan fingerprint density at radius 1 is 1.22 bits per heavy atom. The third kappa shape index (κ3) is 6.97. The van der Waals surface area contributed by atoms with Crippen molar-refractivity contribution < 1.29 is 23.8 Å². The molecule has 1 amide bonds. The van der Waals surface area contributed by atoms with Crippen molar-refractivity contribution in [2.24, 2.45) is 0 Å². The molecule has 0 radical (unpaired) electrons. The highest BCUT2D eigenvalue weighted by Crippen LogP contribution is 2.33. The number of ether oxygens (including phenoxy) is 1. The number of carbonyl (C=O) groups excluding carboxylic acids is 1. The fourth-order valence-corrected chi connectivity index (χ4v) is 4.24. The van der Waals surface area contributed by atoms with Crippen LogP contribution in [0.1, 0.15) is 74.5 Å². The molecular weight excluding hydrogens is 456 g/mol. The number of allylic oxidation sites excluding steroid dienone is 4. The lowest BCUT2D eigenvalue weighted by atomic mass is 9.92. The summed E-state index contributed by atoms with van der Waals surface area (Å²) in [5.74, 6) is 0.691. The largest absolute Gasteiger partial charge is 0.493 e. The van der Waals surface area contributed by atoms with Crippen LogP contribution in [-0.4, -0.2) is 40.0 Å². The van der Waals surface area contributed by atoms with Crippen molar-refractivity contribution in [2.45, 2.75) is 65.3 Å². The first-order valence-corrected chi connectivity index (χ1v) is 12.7. The van der Waals surface area contributed by atoms with E-state index in [1.807, 2.05) is 31.2 Å². The van der Waals surface area contributed by atoms with Gasteiger partial charge in [0.15, 0.2) is 6.04 Å². The normalized spacial score (nSPS) is 15.8. The van der Waals surface area contributed by atoms with Gasteiger partial charge in [-0.2, -0.15) is 0 Å². The van der Waals surface area contributed by atoms with Crippen molar-refractivity contribution in [1.82, 2.24) is 9.88 Å². The molecule has 192 valence electrons. The summed E-state index contributed by atoms with van der Waals surface area (Å²) in [5, 5.41) is 9.96. The average molecular weight is 493 g/mol. The van der Waals surface area contributed by atoms with Crippen molar-refractivity contribution in [3.8, 4) is 5.75 Å².